The van der Waals surface area contributed by atoms with E-state index in [1.165, 1.54) is 7.11 Å². The Balaban J connectivity index is 2.66. The van der Waals surface area contributed by atoms with E-state index in [1.807, 2.05) is 12.1 Å². The van der Waals surface area contributed by atoms with E-state index < -0.39 is 5.97 Å². The van der Waals surface area contributed by atoms with Crippen molar-refractivity contribution in [3.8, 4) is 0 Å². The first kappa shape index (κ1) is 12.8. The third kappa shape index (κ3) is 2.28. The molecule has 0 saturated carbocycles. The van der Waals surface area contributed by atoms with Crippen molar-refractivity contribution < 1.29 is 9.53 Å². The van der Waals surface area contributed by atoms with Crippen LogP contribution in [-0.2, 0) is 4.74 Å². The maximum absolute atomic E-state index is 11.9. The van der Waals surface area contributed by atoms with Crippen molar-refractivity contribution in [2.75, 3.05) is 12.8 Å². The summed E-state index contributed by atoms with van der Waals surface area (Å²) in [5.74, 6) is -0.0999. The van der Waals surface area contributed by atoms with Gasteiger partial charge in [-0.1, -0.05) is 13.8 Å². The van der Waals surface area contributed by atoms with Crippen LogP contribution in [0.3, 0.4) is 0 Å². The first-order valence-corrected chi connectivity index (χ1v) is 6.44. The number of aromatic amines is 1. The highest BCUT2D eigenvalue weighted by Gasteiger charge is 2.19. The standard InChI is InChI=1S/C12H15N3O2S/c1-6(2)18-8-5-4-7-10(15-12(13)14-7)9(8)11(16)17-3/h4-6H,1-3H3,(H3,13,14,15). The number of nitrogens with zero attached hydrogens (tertiary/aromatic N) is 1. The molecule has 0 amide bonds. The minimum absolute atomic E-state index is 0.293. The van der Waals surface area contributed by atoms with E-state index in [4.69, 9.17) is 10.5 Å². The lowest BCUT2D eigenvalue weighted by atomic mass is 10.2. The van der Waals surface area contributed by atoms with Crippen molar-refractivity contribution in [3.63, 3.8) is 0 Å². The number of anilines is 1. The molecule has 0 spiro atoms. The highest BCUT2D eigenvalue weighted by molar-refractivity contribution is 8.00. The monoisotopic (exact) mass is 265 g/mol. The Hall–Kier alpha value is -1.69. The van der Waals surface area contributed by atoms with Gasteiger partial charge in [-0.05, 0) is 12.1 Å². The lowest BCUT2D eigenvalue weighted by Crippen LogP contribution is -2.05. The minimum Gasteiger partial charge on any atom is -0.465 e. The average molecular weight is 265 g/mol. The number of imidazole rings is 1. The zero-order valence-electron chi connectivity index (χ0n) is 10.5. The summed E-state index contributed by atoms with van der Waals surface area (Å²) in [6.45, 7) is 4.13. The average Bonchev–Trinajstić information content (AvgIpc) is 2.67. The van der Waals surface area contributed by atoms with Gasteiger partial charge in [0, 0.05) is 10.1 Å². The number of rotatable bonds is 3. The van der Waals surface area contributed by atoms with E-state index in [1.54, 1.807) is 11.8 Å². The van der Waals surface area contributed by atoms with Crippen LogP contribution < -0.4 is 5.73 Å². The second-order valence-corrected chi connectivity index (χ2v) is 5.73. The largest absolute Gasteiger partial charge is 0.465 e. The van der Waals surface area contributed by atoms with Crippen LogP contribution in [0.2, 0.25) is 0 Å². The fourth-order valence-corrected chi connectivity index (χ4v) is 2.68. The Morgan fingerprint density at radius 2 is 2.22 bits per heavy atom. The quantitative estimate of drug-likeness (QED) is 0.658. The van der Waals surface area contributed by atoms with Crippen LogP contribution in [0, 0.1) is 0 Å². The molecule has 0 bridgehead atoms. The number of hydrogen-bond donors (Lipinski definition) is 2. The normalized spacial score (nSPS) is 11.1. The topological polar surface area (TPSA) is 81.0 Å². The van der Waals surface area contributed by atoms with Gasteiger partial charge >= 0.3 is 5.97 Å². The number of fused-ring (bicyclic) bond motifs is 1. The van der Waals surface area contributed by atoms with Crippen LogP contribution >= 0.6 is 11.8 Å². The van der Waals surface area contributed by atoms with Crippen molar-refractivity contribution >= 4 is 34.7 Å². The van der Waals surface area contributed by atoms with Gasteiger partial charge in [-0.25, -0.2) is 9.78 Å². The third-order valence-corrected chi connectivity index (χ3v) is 3.45. The summed E-state index contributed by atoms with van der Waals surface area (Å²) in [5, 5.41) is 0.363. The molecule has 0 aliphatic rings. The fraction of sp³-hybridized carbons (Fsp3) is 0.333. The van der Waals surface area contributed by atoms with Gasteiger partial charge in [-0.15, -0.1) is 11.8 Å². The summed E-state index contributed by atoms with van der Waals surface area (Å²) in [6, 6.07) is 3.76. The number of esters is 1. The summed E-state index contributed by atoms with van der Waals surface area (Å²) in [4.78, 5) is 19.8. The zero-order valence-corrected chi connectivity index (χ0v) is 11.3. The Morgan fingerprint density at radius 3 is 2.83 bits per heavy atom. The minimum atomic E-state index is -0.393. The highest BCUT2D eigenvalue weighted by atomic mass is 32.2. The first-order valence-electron chi connectivity index (χ1n) is 5.56. The molecule has 2 rings (SSSR count). The van der Waals surface area contributed by atoms with Crippen molar-refractivity contribution in [3.05, 3.63) is 17.7 Å². The molecule has 0 atom stereocenters. The van der Waals surface area contributed by atoms with Crippen molar-refractivity contribution in [2.24, 2.45) is 0 Å². The van der Waals surface area contributed by atoms with E-state index in [9.17, 15) is 4.79 Å². The third-order valence-electron chi connectivity index (χ3n) is 2.39. The smallest absolute Gasteiger partial charge is 0.341 e. The summed E-state index contributed by atoms with van der Waals surface area (Å²) in [7, 11) is 1.36. The molecular weight excluding hydrogens is 250 g/mol. The summed E-state index contributed by atoms with van der Waals surface area (Å²) in [5.41, 5.74) is 7.40. The second-order valence-electron chi connectivity index (χ2n) is 4.12. The number of methoxy groups -OCH3 is 1. The molecule has 0 fully saturated rings. The number of ether oxygens (including phenoxy) is 1. The van der Waals surface area contributed by atoms with Gasteiger partial charge < -0.3 is 15.5 Å². The van der Waals surface area contributed by atoms with Gasteiger partial charge in [0.15, 0.2) is 5.95 Å². The van der Waals surface area contributed by atoms with E-state index in [0.29, 0.717) is 22.3 Å². The number of nitrogens with two attached hydrogens (primary N) is 1. The molecule has 0 unspecified atom stereocenters. The summed E-state index contributed by atoms with van der Waals surface area (Å²) < 4.78 is 4.83. The number of hydrogen-bond acceptors (Lipinski definition) is 5. The van der Waals surface area contributed by atoms with Gasteiger partial charge in [0.05, 0.1) is 12.6 Å². The number of nitrogen functional groups attached to an aromatic ring is 1. The predicted octanol–water partition coefficient (Wildman–Crippen LogP) is 2.43. The molecule has 0 aliphatic carbocycles. The first-order chi connectivity index (χ1) is 8.52. The molecule has 2 aromatic rings. The van der Waals surface area contributed by atoms with E-state index in [0.717, 1.165) is 10.4 Å². The predicted molar refractivity (Wildman–Crippen MR) is 72.8 cm³/mol. The molecule has 0 aliphatic heterocycles. The maximum Gasteiger partial charge on any atom is 0.341 e. The molecule has 5 nitrogen and oxygen atoms in total. The molecule has 6 heteroatoms. The molecule has 1 heterocycles. The Morgan fingerprint density at radius 1 is 1.50 bits per heavy atom. The number of aromatic nitrogens is 2. The number of benzene rings is 1. The van der Waals surface area contributed by atoms with Crippen LogP contribution in [0.1, 0.15) is 24.2 Å². The zero-order chi connectivity index (χ0) is 13.3. The van der Waals surface area contributed by atoms with Gasteiger partial charge in [-0.2, -0.15) is 0 Å². The number of nitrogens with one attached hydrogen (secondary N) is 1. The van der Waals surface area contributed by atoms with Crippen LogP contribution in [0.4, 0.5) is 5.95 Å². The van der Waals surface area contributed by atoms with Crippen LogP contribution in [-0.4, -0.2) is 28.3 Å². The molecule has 18 heavy (non-hydrogen) atoms. The van der Waals surface area contributed by atoms with Gasteiger partial charge in [0.25, 0.3) is 0 Å². The summed E-state index contributed by atoms with van der Waals surface area (Å²) in [6.07, 6.45) is 0. The van der Waals surface area contributed by atoms with Gasteiger partial charge in [0.2, 0.25) is 0 Å². The number of carbonyl (C=O) groups is 1. The molecule has 0 radical (unpaired) electrons. The van der Waals surface area contributed by atoms with E-state index >= 15 is 0 Å². The Labute approximate surface area is 109 Å². The lowest BCUT2D eigenvalue weighted by molar-refractivity contribution is 0.0599. The molecule has 1 aromatic carbocycles. The number of thioether (sulfide) groups is 1. The van der Waals surface area contributed by atoms with Crippen molar-refractivity contribution in [1.29, 1.82) is 0 Å². The Bertz CT molecular complexity index is 592. The van der Waals surface area contributed by atoms with Crippen molar-refractivity contribution in [2.45, 2.75) is 24.0 Å². The summed E-state index contributed by atoms with van der Waals surface area (Å²) >= 11 is 1.60. The van der Waals surface area contributed by atoms with E-state index in [2.05, 4.69) is 23.8 Å². The molecular formula is C12H15N3O2S. The fourth-order valence-electron chi connectivity index (χ4n) is 1.73. The SMILES string of the molecule is COC(=O)c1c(SC(C)C)ccc2[nH]c(N)nc12. The van der Waals surface area contributed by atoms with Crippen LogP contribution in [0.25, 0.3) is 11.0 Å². The van der Waals surface area contributed by atoms with Crippen LogP contribution in [0.15, 0.2) is 17.0 Å². The molecule has 1 aromatic heterocycles. The molecule has 96 valence electrons. The molecule has 3 N–H and O–H groups in total. The highest BCUT2D eigenvalue weighted by Crippen LogP contribution is 2.32. The van der Waals surface area contributed by atoms with Crippen LogP contribution in [0.5, 0.6) is 0 Å². The van der Waals surface area contributed by atoms with E-state index in [-0.39, 0.29) is 0 Å². The van der Waals surface area contributed by atoms with Gasteiger partial charge in [-0.3, -0.25) is 0 Å². The number of H-pyrrole nitrogens is 1. The van der Waals surface area contributed by atoms with Gasteiger partial charge in [0.1, 0.15) is 11.1 Å². The lowest BCUT2D eigenvalue weighted by Gasteiger charge is -2.10. The number of carbonyl (C=O) groups excluding carboxylic acids is 1. The second kappa shape index (κ2) is 4.89. The Kier molecular flexibility index (Phi) is 3.47. The molecule has 0 saturated heterocycles. The van der Waals surface area contributed by atoms with Crippen molar-refractivity contribution in [1.82, 2.24) is 9.97 Å². The maximum atomic E-state index is 11.9.